The van der Waals surface area contributed by atoms with E-state index in [0.717, 1.165) is 56.6 Å². The predicted octanol–water partition coefficient (Wildman–Crippen LogP) is 3.60. The van der Waals surface area contributed by atoms with E-state index in [1.807, 2.05) is 4.90 Å². The number of sulfone groups is 1. The van der Waals surface area contributed by atoms with E-state index in [2.05, 4.69) is 4.72 Å². The van der Waals surface area contributed by atoms with Gasteiger partial charge in [0.1, 0.15) is 10.7 Å². The fourth-order valence-electron chi connectivity index (χ4n) is 4.14. The second kappa shape index (κ2) is 8.60. The van der Waals surface area contributed by atoms with Crippen LogP contribution < -0.4 is 9.62 Å². The quantitative estimate of drug-likeness (QED) is 0.601. The van der Waals surface area contributed by atoms with Crippen LogP contribution in [0.5, 0.6) is 0 Å². The summed E-state index contributed by atoms with van der Waals surface area (Å²) in [6.45, 7) is 1.16. The normalized spacial score (nSPS) is 17.1. The minimum atomic E-state index is -4.30. The molecule has 0 aromatic heterocycles. The maximum absolute atomic E-state index is 14.7. The zero-order valence-corrected chi connectivity index (χ0v) is 19.7. The first-order valence-electron chi connectivity index (χ1n) is 10.7. The fourth-order valence-corrected chi connectivity index (χ4v) is 6.27. The largest absolute Gasteiger partial charge is 0.478 e. The van der Waals surface area contributed by atoms with Gasteiger partial charge in [0.15, 0.2) is 9.84 Å². The number of hydrogen-bond donors (Lipinski definition) is 2. The molecule has 0 atom stereocenters. The van der Waals surface area contributed by atoms with Crippen molar-refractivity contribution in [2.45, 2.75) is 47.8 Å². The van der Waals surface area contributed by atoms with Crippen molar-refractivity contribution in [3.8, 4) is 0 Å². The summed E-state index contributed by atoms with van der Waals surface area (Å²) in [5, 5.41) is 9.35. The zero-order chi connectivity index (χ0) is 24.0. The van der Waals surface area contributed by atoms with E-state index in [1.165, 1.54) is 12.1 Å². The summed E-state index contributed by atoms with van der Waals surface area (Å²) in [6, 6.07) is 6.04. The number of carboxylic acids is 1. The van der Waals surface area contributed by atoms with Crippen LogP contribution in [0.1, 0.15) is 53.9 Å². The van der Waals surface area contributed by atoms with E-state index in [1.54, 1.807) is 0 Å². The SMILES string of the molecule is CS(=O)(=O)c1cc(NS(=O)(=O)c2cc(C(=O)O)ccc2C2CC2)c(N2CCCCC2)cc1F. The van der Waals surface area contributed by atoms with Crippen molar-refractivity contribution in [1.82, 2.24) is 0 Å². The number of anilines is 2. The smallest absolute Gasteiger partial charge is 0.335 e. The standard InChI is InChI=1S/C22H25FN2O6S2/c1-32(28,29)21-13-18(19(12-17(21)23)25-9-3-2-4-10-25)24-33(30,31)20-11-15(22(26)27)7-8-16(20)14-5-6-14/h7-8,11-14,24H,2-6,9-10H2,1H3,(H,26,27). The molecule has 4 rings (SSSR count). The minimum Gasteiger partial charge on any atom is -0.478 e. The molecule has 1 aliphatic heterocycles. The van der Waals surface area contributed by atoms with Crippen LogP contribution in [0.25, 0.3) is 0 Å². The number of sulfonamides is 1. The highest BCUT2D eigenvalue weighted by Crippen LogP contribution is 2.44. The van der Waals surface area contributed by atoms with Gasteiger partial charge < -0.3 is 10.0 Å². The average molecular weight is 497 g/mol. The molecule has 11 heteroatoms. The topological polar surface area (TPSA) is 121 Å². The number of halogens is 1. The molecule has 0 spiro atoms. The number of benzene rings is 2. The Labute approximate surface area is 192 Å². The maximum Gasteiger partial charge on any atom is 0.335 e. The Morgan fingerprint density at radius 2 is 1.70 bits per heavy atom. The molecule has 33 heavy (non-hydrogen) atoms. The number of nitrogens with zero attached hydrogens (tertiary/aromatic N) is 1. The van der Waals surface area contributed by atoms with E-state index in [9.17, 15) is 31.1 Å². The van der Waals surface area contributed by atoms with Crippen molar-refractivity contribution in [2.75, 3.05) is 29.0 Å². The average Bonchev–Trinajstić information content (AvgIpc) is 3.59. The zero-order valence-electron chi connectivity index (χ0n) is 18.0. The Morgan fingerprint density at radius 3 is 2.27 bits per heavy atom. The van der Waals surface area contributed by atoms with Crippen molar-refractivity contribution in [3.63, 3.8) is 0 Å². The molecule has 0 bridgehead atoms. The van der Waals surface area contributed by atoms with Crippen molar-refractivity contribution < 1.29 is 31.1 Å². The number of aromatic carboxylic acids is 1. The molecule has 0 amide bonds. The van der Waals surface area contributed by atoms with Crippen LogP contribution >= 0.6 is 0 Å². The van der Waals surface area contributed by atoms with Gasteiger partial charge in [-0.05, 0) is 61.8 Å². The van der Waals surface area contributed by atoms with Gasteiger partial charge >= 0.3 is 5.97 Å². The number of rotatable bonds is 7. The monoisotopic (exact) mass is 496 g/mol. The van der Waals surface area contributed by atoms with Gasteiger partial charge in [-0.3, -0.25) is 4.72 Å². The predicted molar refractivity (Wildman–Crippen MR) is 122 cm³/mol. The molecule has 1 saturated carbocycles. The number of hydrogen-bond acceptors (Lipinski definition) is 6. The summed E-state index contributed by atoms with van der Waals surface area (Å²) in [7, 11) is -8.26. The van der Waals surface area contributed by atoms with Crippen LogP contribution in [-0.4, -0.2) is 47.3 Å². The van der Waals surface area contributed by atoms with E-state index in [4.69, 9.17) is 0 Å². The van der Waals surface area contributed by atoms with Crippen molar-refractivity contribution in [2.24, 2.45) is 0 Å². The first-order valence-corrected chi connectivity index (χ1v) is 14.0. The lowest BCUT2D eigenvalue weighted by Crippen LogP contribution is -2.31. The number of piperidine rings is 1. The van der Waals surface area contributed by atoms with Crippen molar-refractivity contribution in [1.29, 1.82) is 0 Å². The molecule has 1 saturated heterocycles. The van der Waals surface area contributed by atoms with Crippen LogP contribution in [0.4, 0.5) is 15.8 Å². The maximum atomic E-state index is 14.7. The molecule has 2 aliphatic rings. The Balaban J connectivity index is 1.83. The molecule has 2 N–H and O–H groups in total. The summed E-state index contributed by atoms with van der Waals surface area (Å²) < 4.78 is 68.2. The van der Waals surface area contributed by atoms with Gasteiger partial charge in [-0.2, -0.15) is 0 Å². The second-order valence-corrected chi connectivity index (χ2v) is 12.2. The van der Waals surface area contributed by atoms with Crippen molar-refractivity contribution in [3.05, 3.63) is 47.3 Å². The number of carboxylic acid groups (broad SMARTS) is 1. The molecule has 0 unspecified atom stereocenters. The Kier molecular flexibility index (Phi) is 6.12. The van der Waals surface area contributed by atoms with E-state index in [-0.39, 0.29) is 27.8 Å². The molecule has 178 valence electrons. The summed E-state index contributed by atoms with van der Waals surface area (Å²) in [5.74, 6) is -2.20. The van der Waals surface area contributed by atoms with E-state index >= 15 is 0 Å². The van der Waals surface area contributed by atoms with Gasteiger partial charge in [-0.15, -0.1) is 0 Å². The van der Waals surface area contributed by atoms with Crippen LogP contribution in [0.15, 0.2) is 40.1 Å². The first-order chi connectivity index (χ1) is 15.5. The Bertz CT molecular complexity index is 1310. The van der Waals surface area contributed by atoms with E-state index in [0.29, 0.717) is 18.7 Å². The molecule has 2 aromatic carbocycles. The molecular weight excluding hydrogens is 471 g/mol. The molecule has 2 fully saturated rings. The van der Waals surface area contributed by atoms with Gasteiger partial charge in [0.05, 0.1) is 21.8 Å². The lowest BCUT2D eigenvalue weighted by molar-refractivity contribution is 0.0696. The highest BCUT2D eigenvalue weighted by atomic mass is 32.2. The van der Waals surface area contributed by atoms with Crippen LogP contribution in [0.2, 0.25) is 0 Å². The van der Waals surface area contributed by atoms with Crippen LogP contribution in [0, 0.1) is 5.82 Å². The molecule has 1 heterocycles. The van der Waals surface area contributed by atoms with Crippen LogP contribution in [0.3, 0.4) is 0 Å². The number of carbonyl (C=O) groups is 1. The summed E-state index contributed by atoms with van der Waals surface area (Å²) in [6.07, 6.45) is 5.12. The van der Waals surface area contributed by atoms with Crippen molar-refractivity contribution >= 4 is 37.2 Å². The van der Waals surface area contributed by atoms with Gasteiger partial charge in [0.2, 0.25) is 0 Å². The van der Waals surface area contributed by atoms with Gasteiger partial charge in [-0.1, -0.05) is 6.07 Å². The van der Waals surface area contributed by atoms with Gasteiger partial charge in [-0.25, -0.2) is 26.0 Å². The Morgan fingerprint density at radius 1 is 1.03 bits per heavy atom. The second-order valence-electron chi connectivity index (χ2n) is 8.56. The highest BCUT2D eigenvalue weighted by Gasteiger charge is 2.32. The number of nitrogens with one attached hydrogen (secondary N) is 1. The molecular formula is C22H25FN2O6S2. The fraction of sp³-hybridized carbons (Fsp3) is 0.409. The molecule has 1 aliphatic carbocycles. The third-order valence-corrected chi connectivity index (χ3v) is 8.49. The van der Waals surface area contributed by atoms with Gasteiger partial charge in [0, 0.05) is 25.4 Å². The lowest BCUT2D eigenvalue weighted by atomic mass is 10.1. The first kappa shape index (κ1) is 23.5. The van der Waals surface area contributed by atoms with Crippen LogP contribution in [-0.2, 0) is 19.9 Å². The highest BCUT2D eigenvalue weighted by molar-refractivity contribution is 7.92. The lowest BCUT2D eigenvalue weighted by Gasteiger charge is -2.31. The summed E-state index contributed by atoms with van der Waals surface area (Å²) in [4.78, 5) is 12.5. The minimum absolute atomic E-state index is 0.0146. The van der Waals surface area contributed by atoms with E-state index < -0.39 is 36.5 Å². The molecule has 0 radical (unpaired) electrons. The summed E-state index contributed by atoms with van der Waals surface area (Å²) >= 11 is 0. The summed E-state index contributed by atoms with van der Waals surface area (Å²) in [5.41, 5.74) is 0.538. The Hall–Kier alpha value is -2.66. The molecule has 2 aromatic rings. The van der Waals surface area contributed by atoms with Gasteiger partial charge in [0.25, 0.3) is 10.0 Å². The third-order valence-electron chi connectivity index (χ3n) is 5.96. The molecule has 8 nitrogen and oxygen atoms in total. The third kappa shape index (κ3) is 4.98.